The van der Waals surface area contributed by atoms with Gasteiger partial charge in [-0.25, -0.2) is 0 Å². The van der Waals surface area contributed by atoms with E-state index in [1.807, 2.05) is 24.4 Å². The fourth-order valence-electron chi connectivity index (χ4n) is 2.50. The first kappa shape index (κ1) is 13.5. The van der Waals surface area contributed by atoms with E-state index in [1.54, 1.807) is 0 Å². The molecule has 2 atom stereocenters. The van der Waals surface area contributed by atoms with Crippen molar-refractivity contribution in [3.05, 3.63) is 30.1 Å². The number of piperidine rings is 1. The summed E-state index contributed by atoms with van der Waals surface area (Å²) in [5.41, 5.74) is 1.02. The molecule has 1 saturated heterocycles. The molecule has 1 fully saturated rings. The van der Waals surface area contributed by atoms with Gasteiger partial charge in [0.15, 0.2) is 0 Å². The Morgan fingerprint density at radius 2 is 2.44 bits per heavy atom. The summed E-state index contributed by atoms with van der Waals surface area (Å²) in [7, 11) is 0. The lowest BCUT2D eigenvalue weighted by atomic mass is 9.95. The third kappa shape index (κ3) is 4.39. The van der Waals surface area contributed by atoms with E-state index in [4.69, 9.17) is 4.74 Å². The van der Waals surface area contributed by atoms with Crippen molar-refractivity contribution in [3.63, 3.8) is 0 Å². The molecule has 1 aliphatic heterocycles. The molecule has 100 valence electrons. The summed E-state index contributed by atoms with van der Waals surface area (Å²) in [6.07, 6.45) is 7.07. The number of hydrogen-bond acceptors (Lipinski definition) is 3. The van der Waals surface area contributed by atoms with Gasteiger partial charge < -0.3 is 10.1 Å². The highest BCUT2D eigenvalue weighted by molar-refractivity contribution is 5.05. The first-order valence-electron chi connectivity index (χ1n) is 7.09. The highest BCUT2D eigenvalue weighted by atomic mass is 16.5. The van der Waals surface area contributed by atoms with Crippen LogP contribution in [0.2, 0.25) is 0 Å². The zero-order valence-corrected chi connectivity index (χ0v) is 11.3. The quantitative estimate of drug-likeness (QED) is 0.786. The van der Waals surface area contributed by atoms with Crippen molar-refractivity contribution >= 4 is 0 Å². The normalized spacial score (nSPS) is 21.7. The van der Waals surface area contributed by atoms with Crippen LogP contribution in [0.1, 0.15) is 44.4 Å². The second-order valence-electron chi connectivity index (χ2n) is 5.12. The molecular weight excluding hydrogens is 224 g/mol. The Kier molecular flexibility index (Phi) is 5.62. The largest absolute Gasteiger partial charge is 0.372 e. The molecule has 1 N–H and O–H groups in total. The molecule has 0 spiro atoms. The van der Waals surface area contributed by atoms with E-state index < -0.39 is 0 Å². The third-order valence-corrected chi connectivity index (χ3v) is 3.63. The van der Waals surface area contributed by atoms with E-state index in [1.165, 1.54) is 32.4 Å². The van der Waals surface area contributed by atoms with Crippen LogP contribution in [0.3, 0.4) is 0 Å². The molecule has 1 aliphatic rings. The molecule has 3 heteroatoms. The van der Waals surface area contributed by atoms with Gasteiger partial charge >= 0.3 is 0 Å². The molecule has 0 aromatic carbocycles. The smallest absolute Gasteiger partial charge is 0.0966 e. The Morgan fingerprint density at radius 1 is 1.50 bits per heavy atom. The van der Waals surface area contributed by atoms with Crippen LogP contribution in [0.4, 0.5) is 0 Å². The molecule has 2 rings (SSSR count). The summed E-state index contributed by atoms with van der Waals surface area (Å²) in [5, 5.41) is 3.46. The van der Waals surface area contributed by atoms with Gasteiger partial charge in [0.25, 0.3) is 0 Å². The Bertz CT molecular complexity index is 323. The first-order chi connectivity index (χ1) is 8.86. The summed E-state index contributed by atoms with van der Waals surface area (Å²) in [6, 6.07) is 5.97. The van der Waals surface area contributed by atoms with E-state index >= 15 is 0 Å². The highest BCUT2D eigenvalue weighted by Gasteiger charge is 2.12. The molecule has 18 heavy (non-hydrogen) atoms. The van der Waals surface area contributed by atoms with Crippen LogP contribution in [0.15, 0.2) is 24.4 Å². The lowest BCUT2D eigenvalue weighted by Gasteiger charge is -2.22. The summed E-state index contributed by atoms with van der Waals surface area (Å²) in [4.78, 5) is 4.31. The average Bonchev–Trinajstić information content (AvgIpc) is 2.45. The SMILES string of the molecule is C[C@@H](OCCC[C@H]1CCCNC1)c1ccccn1. The fourth-order valence-corrected chi connectivity index (χ4v) is 2.50. The van der Waals surface area contributed by atoms with Gasteiger partial charge in [0.1, 0.15) is 0 Å². The summed E-state index contributed by atoms with van der Waals surface area (Å²) in [6.45, 7) is 5.30. The molecule has 0 radical (unpaired) electrons. The maximum Gasteiger partial charge on any atom is 0.0966 e. The standard InChI is InChI=1S/C15H24N2O/c1-13(15-8-2-3-10-17-15)18-11-5-7-14-6-4-9-16-12-14/h2-3,8,10,13-14,16H,4-7,9,11-12H2,1H3/t13-,14-/m1/s1. The highest BCUT2D eigenvalue weighted by Crippen LogP contribution is 2.18. The first-order valence-corrected chi connectivity index (χ1v) is 7.09. The molecular formula is C15H24N2O. The van der Waals surface area contributed by atoms with Crippen molar-refractivity contribution in [2.24, 2.45) is 5.92 Å². The molecule has 2 heterocycles. The van der Waals surface area contributed by atoms with Crippen LogP contribution < -0.4 is 5.32 Å². The van der Waals surface area contributed by atoms with Crippen LogP contribution in [-0.4, -0.2) is 24.7 Å². The van der Waals surface area contributed by atoms with Crippen molar-refractivity contribution in [2.75, 3.05) is 19.7 Å². The van der Waals surface area contributed by atoms with E-state index in [0.717, 1.165) is 24.6 Å². The zero-order valence-electron chi connectivity index (χ0n) is 11.3. The van der Waals surface area contributed by atoms with Crippen LogP contribution in [-0.2, 0) is 4.74 Å². The van der Waals surface area contributed by atoms with Gasteiger partial charge in [0.05, 0.1) is 11.8 Å². The van der Waals surface area contributed by atoms with E-state index in [9.17, 15) is 0 Å². The van der Waals surface area contributed by atoms with Crippen molar-refractivity contribution < 1.29 is 4.74 Å². The Balaban J connectivity index is 1.60. The number of nitrogens with one attached hydrogen (secondary N) is 1. The molecule has 3 nitrogen and oxygen atoms in total. The van der Waals surface area contributed by atoms with Crippen LogP contribution in [0.5, 0.6) is 0 Å². The van der Waals surface area contributed by atoms with Crippen molar-refractivity contribution in [1.29, 1.82) is 0 Å². The van der Waals surface area contributed by atoms with Gasteiger partial charge in [-0.2, -0.15) is 0 Å². The van der Waals surface area contributed by atoms with Crippen LogP contribution in [0, 0.1) is 5.92 Å². The predicted molar refractivity (Wildman–Crippen MR) is 73.4 cm³/mol. The second-order valence-corrected chi connectivity index (χ2v) is 5.12. The van der Waals surface area contributed by atoms with Gasteiger partial charge in [-0.15, -0.1) is 0 Å². The summed E-state index contributed by atoms with van der Waals surface area (Å²) < 4.78 is 5.84. The minimum absolute atomic E-state index is 0.107. The van der Waals surface area contributed by atoms with Gasteiger partial charge in [-0.3, -0.25) is 4.98 Å². The topological polar surface area (TPSA) is 34.1 Å². The van der Waals surface area contributed by atoms with Crippen LogP contribution in [0.25, 0.3) is 0 Å². The van der Waals surface area contributed by atoms with E-state index in [0.29, 0.717) is 0 Å². The van der Waals surface area contributed by atoms with Gasteiger partial charge in [0.2, 0.25) is 0 Å². The lowest BCUT2D eigenvalue weighted by molar-refractivity contribution is 0.0575. The number of nitrogens with zero attached hydrogens (tertiary/aromatic N) is 1. The number of rotatable bonds is 6. The maximum atomic E-state index is 5.84. The predicted octanol–water partition coefficient (Wildman–Crippen LogP) is 2.94. The molecule has 0 aliphatic carbocycles. The maximum absolute atomic E-state index is 5.84. The van der Waals surface area contributed by atoms with Gasteiger partial charge in [-0.1, -0.05) is 6.07 Å². The zero-order chi connectivity index (χ0) is 12.6. The third-order valence-electron chi connectivity index (χ3n) is 3.63. The summed E-state index contributed by atoms with van der Waals surface area (Å²) in [5.74, 6) is 0.854. The Labute approximate surface area is 110 Å². The number of ether oxygens (including phenoxy) is 1. The molecule has 1 aromatic heterocycles. The van der Waals surface area contributed by atoms with Crippen molar-refractivity contribution in [2.45, 2.75) is 38.7 Å². The Hall–Kier alpha value is -0.930. The minimum Gasteiger partial charge on any atom is -0.372 e. The molecule has 0 bridgehead atoms. The minimum atomic E-state index is 0.107. The molecule has 1 aromatic rings. The molecule has 0 amide bonds. The van der Waals surface area contributed by atoms with Gasteiger partial charge in [-0.05, 0) is 63.7 Å². The number of aromatic nitrogens is 1. The molecule has 0 saturated carbocycles. The number of pyridine rings is 1. The van der Waals surface area contributed by atoms with Crippen molar-refractivity contribution in [3.8, 4) is 0 Å². The Morgan fingerprint density at radius 3 is 3.17 bits per heavy atom. The number of hydrogen-bond donors (Lipinski definition) is 1. The monoisotopic (exact) mass is 248 g/mol. The van der Waals surface area contributed by atoms with Gasteiger partial charge in [0, 0.05) is 12.8 Å². The second kappa shape index (κ2) is 7.49. The average molecular weight is 248 g/mol. The lowest BCUT2D eigenvalue weighted by Crippen LogP contribution is -2.29. The summed E-state index contributed by atoms with van der Waals surface area (Å²) >= 11 is 0. The molecule has 0 unspecified atom stereocenters. The van der Waals surface area contributed by atoms with E-state index in [2.05, 4.69) is 17.2 Å². The van der Waals surface area contributed by atoms with Crippen LogP contribution >= 0.6 is 0 Å². The fraction of sp³-hybridized carbons (Fsp3) is 0.667. The van der Waals surface area contributed by atoms with E-state index in [-0.39, 0.29) is 6.10 Å². The van der Waals surface area contributed by atoms with Crippen molar-refractivity contribution in [1.82, 2.24) is 10.3 Å².